The van der Waals surface area contributed by atoms with Crippen LogP contribution in [0.1, 0.15) is 49.7 Å². The van der Waals surface area contributed by atoms with E-state index in [9.17, 15) is 9.59 Å². The normalized spacial score (nSPS) is 24.9. The molecule has 1 aromatic carbocycles. The highest BCUT2D eigenvalue weighted by molar-refractivity contribution is 5.88. The van der Waals surface area contributed by atoms with Crippen LogP contribution in [0.3, 0.4) is 0 Å². The molecular weight excluding hydrogens is 364 g/mol. The minimum absolute atomic E-state index is 0.0794. The number of rotatable bonds is 4. The number of anilines is 1. The van der Waals surface area contributed by atoms with Crippen LogP contribution in [0.25, 0.3) is 0 Å². The van der Waals surface area contributed by atoms with Crippen molar-refractivity contribution in [2.75, 3.05) is 18.4 Å². The molecule has 0 unspecified atom stereocenters. The Kier molecular flexibility index (Phi) is 5.62. The molecule has 2 atom stereocenters. The van der Waals surface area contributed by atoms with Gasteiger partial charge >= 0.3 is 0 Å². The van der Waals surface area contributed by atoms with Crippen molar-refractivity contribution in [3.63, 3.8) is 0 Å². The molecule has 2 aromatic rings. The van der Waals surface area contributed by atoms with Crippen LogP contribution >= 0.6 is 0 Å². The summed E-state index contributed by atoms with van der Waals surface area (Å²) in [6, 6.07) is 12.1. The van der Waals surface area contributed by atoms with Crippen LogP contribution in [0.15, 0.2) is 48.8 Å². The van der Waals surface area contributed by atoms with Crippen LogP contribution in [0.5, 0.6) is 0 Å². The predicted molar refractivity (Wildman–Crippen MR) is 112 cm³/mol. The average molecular weight is 393 g/mol. The van der Waals surface area contributed by atoms with Crippen LogP contribution in [0, 0.1) is 0 Å². The fourth-order valence-electron chi connectivity index (χ4n) is 4.85. The lowest BCUT2D eigenvalue weighted by atomic mass is 9.79. The standard InChI is InChI=1S/C23H28N4O2/c1-17(28)25-20-8-4-7-19(12-20)21-15-27(14-18-6-5-11-24-13-18)16-23(21)10-3-2-9-22(29)26-23/h4-8,11-13,21H,2-3,9-10,14-16H2,1H3,(H,25,28)(H,26,29)/t21-,23+/m0/s1. The highest BCUT2D eigenvalue weighted by Gasteiger charge is 2.48. The van der Waals surface area contributed by atoms with E-state index < -0.39 is 0 Å². The molecule has 2 saturated heterocycles. The van der Waals surface area contributed by atoms with Gasteiger partial charge in [-0.1, -0.05) is 24.6 Å². The second kappa shape index (κ2) is 8.33. The van der Waals surface area contributed by atoms with Gasteiger partial charge in [-0.05, 0) is 42.2 Å². The molecule has 2 fully saturated rings. The van der Waals surface area contributed by atoms with E-state index in [2.05, 4.69) is 38.7 Å². The summed E-state index contributed by atoms with van der Waals surface area (Å²) in [6.45, 7) is 4.01. The second-order valence-electron chi connectivity index (χ2n) is 8.30. The number of carbonyl (C=O) groups is 2. The molecule has 2 aliphatic rings. The maximum Gasteiger partial charge on any atom is 0.221 e. The molecule has 152 valence electrons. The molecule has 0 bridgehead atoms. The monoisotopic (exact) mass is 392 g/mol. The van der Waals surface area contributed by atoms with Crippen LogP contribution in [0.4, 0.5) is 5.69 Å². The third-order valence-electron chi connectivity index (χ3n) is 6.02. The number of pyridine rings is 1. The first-order chi connectivity index (χ1) is 14.0. The number of amides is 2. The molecule has 29 heavy (non-hydrogen) atoms. The van der Waals surface area contributed by atoms with Crippen molar-refractivity contribution < 1.29 is 9.59 Å². The largest absolute Gasteiger partial charge is 0.349 e. The topological polar surface area (TPSA) is 74.3 Å². The van der Waals surface area contributed by atoms with Gasteiger partial charge in [-0.25, -0.2) is 0 Å². The van der Waals surface area contributed by atoms with Crippen LogP contribution < -0.4 is 10.6 Å². The Balaban J connectivity index is 1.65. The van der Waals surface area contributed by atoms with Crippen molar-refractivity contribution in [2.24, 2.45) is 0 Å². The molecule has 3 heterocycles. The van der Waals surface area contributed by atoms with E-state index in [0.717, 1.165) is 50.1 Å². The number of benzene rings is 1. The minimum Gasteiger partial charge on any atom is -0.349 e. The van der Waals surface area contributed by atoms with Crippen molar-refractivity contribution in [3.8, 4) is 0 Å². The first kappa shape index (κ1) is 19.6. The lowest BCUT2D eigenvalue weighted by molar-refractivity contribution is -0.122. The van der Waals surface area contributed by atoms with Crippen molar-refractivity contribution >= 4 is 17.5 Å². The fourth-order valence-corrected chi connectivity index (χ4v) is 4.85. The Morgan fingerprint density at radius 1 is 1.31 bits per heavy atom. The fraction of sp³-hybridized carbons (Fsp3) is 0.435. The molecule has 6 nitrogen and oxygen atoms in total. The van der Waals surface area contributed by atoms with Gasteiger partial charge in [0.25, 0.3) is 0 Å². The SMILES string of the molecule is CC(=O)Nc1cccc([C@@H]2CN(Cc3cccnc3)C[C@]23CCCCC(=O)N3)c1. The zero-order valence-electron chi connectivity index (χ0n) is 16.9. The summed E-state index contributed by atoms with van der Waals surface area (Å²) in [7, 11) is 0. The highest BCUT2D eigenvalue weighted by atomic mass is 16.2. The molecule has 2 amide bonds. The molecule has 4 rings (SSSR count). The molecular formula is C23H28N4O2. The van der Waals surface area contributed by atoms with Gasteiger partial charge in [-0.3, -0.25) is 19.5 Å². The minimum atomic E-state index is -0.273. The molecule has 1 spiro atoms. The van der Waals surface area contributed by atoms with Gasteiger partial charge in [0.2, 0.25) is 11.8 Å². The summed E-state index contributed by atoms with van der Waals surface area (Å²) in [5.74, 6) is 0.243. The summed E-state index contributed by atoms with van der Waals surface area (Å²) in [5.41, 5.74) is 2.86. The van der Waals surface area contributed by atoms with E-state index in [1.54, 1.807) is 6.20 Å². The number of likely N-dealkylation sites (tertiary alicyclic amines) is 1. The van der Waals surface area contributed by atoms with Crippen LogP contribution in [-0.2, 0) is 16.1 Å². The van der Waals surface area contributed by atoms with E-state index >= 15 is 0 Å². The first-order valence-electron chi connectivity index (χ1n) is 10.3. The van der Waals surface area contributed by atoms with Gasteiger partial charge in [0.15, 0.2) is 0 Å². The summed E-state index contributed by atoms with van der Waals surface area (Å²) < 4.78 is 0. The third kappa shape index (κ3) is 4.48. The number of nitrogens with one attached hydrogen (secondary N) is 2. The average Bonchev–Trinajstić information content (AvgIpc) is 2.91. The first-order valence-corrected chi connectivity index (χ1v) is 10.3. The molecule has 6 heteroatoms. The molecule has 0 radical (unpaired) electrons. The molecule has 1 aromatic heterocycles. The molecule has 0 aliphatic carbocycles. The van der Waals surface area contributed by atoms with Gasteiger partial charge in [-0.15, -0.1) is 0 Å². The Labute approximate surface area is 171 Å². The Bertz CT molecular complexity index is 885. The number of nitrogens with zero attached hydrogens (tertiary/aromatic N) is 2. The summed E-state index contributed by atoms with van der Waals surface area (Å²) >= 11 is 0. The van der Waals surface area contributed by atoms with Crippen molar-refractivity contribution in [1.82, 2.24) is 15.2 Å². The Hall–Kier alpha value is -2.73. The number of hydrogen-bond donors (Lipinski definition) is 2. The lowest BCUT2D eigenvalue weighted by Gasteiger charge is -2.35. The van der Waals surface area contributed by atoms with Crippen molar-refractivity contribution in [3.05, 3.63) is 59.9 Å². The zero-order chi connectivity index (χ0) is 20.3. The summed E-state index contributed by atoms with van der Waals surface area (Å²) in [6.07, 6.45) is 7.25. The van der Waals surface area contributed by atoms with Crippen molar-refractivity contribution in [2.45, 2.75) is 50.6 Å². The quantitative estimate of drug-likeness (QED) is 0.839. The highest BCUT2D eigenvalue weighted by Crippen LogP contribution is 2.42. The van der Waals surface area contributed by atoms with E-state index in [1.165, 1.54) is 12.5 Å². The Morgan fingerprint density at radius 3 is 3.00 bits per heavy atom. The Morgan fingerprint density at radius 2 is 2.21 bits per heavy atom. The zero-order valence-corrected chi connectivity index (χ0v) is 16.9. The van der Waals surface area contributed by atoms with Gasteiger partial charge in [0, 0.05) is 57.0 Å². The van der Waals surface area contributed by atoms with E-state index in [1.807, 2.05) is 24.4 Å². The summed E-state index contributed by atoms with van der Waals surface area (Å²) in [5, 5.41) is 6.28. The third-order valence-corrected chi connectivity index (χ3v) is 6.02. The smallest absolute Gasteiger partial charge is 0.221 e. The lowest BCUT2D eigenvalue weighted by Crippen LogP contribution is -2.52. The van der Waals surface area contributed by atoms with Gasteiger partial charge in [0.05, 0.1) is 5.54 Å². The molecule has 2 N–H and O–H groups in total. The maximum absolute atomic E-state index is 12.5. The van der Waals surface area contributed by atoms with Crippen LogP contribution in [0.2, 0.25) is 0 Å². The van der Waals surface area contributed by atoms with Gasteiger partial charge < -0.3 is 10.6 Å². The number of carbonyl (C=O) groups excluding carboxylic acids is 2. The van der Waals surface area contributed by atoms with Gasteiger partial charge in [0.1, 0.15) is 0 Å². The van der Waals surface area contributed by atoms with E-state index in [0.29, 0.717) is 6.42 Å². The van der Waals surface area contributed by atoms with Crippen LogP contribution in [-0.4, -0.2) is 40.3 Å². The van der Waals surface area contributed by atoms with E-state index in [4.69, 9.17) is 0 Å². The maximum atomic E-state index is 12.5. The van der Waals surface area contributed by atoms with Gasteiger partial charge in [-0.2, -0.15) is 0 Å². The predicted octanol–water partition coefficient (Wildman–Crippen LogP) is 3.07. The summed E-state index contributed by atoms with van der Waals surface area (Å²) in [4.78, 5) is 30.7. The van der Waals surface area contributed by atoms with Crippen molar-refractivity contribution in [1.29, 1.82) is 0 Å². The molecule has 0 saturated carbocycles. The number of aromatic nitrogens is 1. The molecule has 2 aliphatic heterocycles. The number of hydrogen-bond acceptors (Lipinski definition) is 4. The van der Waals surface area contributed by atoms with E-state index in [-0.39, 0.29) is 23.3 Å². The second-order valence-corrected chi connectivity index (χ2v) is 8.30.